The van der Waals surface area contributed by atoms with Gasteiger partial charge in [-0.1, -0.05) is 0 Å². The van der Waals surface area contributed by atoms with Gasteiger partial charge in [-0.15, -0.1) is 0 Å². The van der Waals surface area contributed by atoms with Crippen LogP contribution in [0.3, 0.4) is 0 Å². The molecule has 5 nitrogen and oxygen atoms in total. The molecule has 0 radical (unpaired) electrons. The van der Waals surface area contributed by atoms with Gasteiger partial charge < -0.3 is 5.32 Å². The van der Waals surface area contributed by atoms with Crippen molar-refractivity contribution >= 4 is 17.4 Å². The number of rotatable bonds is 3. The summed E-state index contributed by atoms with van der Waals surface area (Å²) < 4.78 is 1.65. The second-order valence-electron chi connectivity index (χ2n) is 3.95. The van der Waals surface area contributed by atoms with Gasteiger partial charge in [0, 0.05) is 11.8 Å². The van der Waals surface area contributed by atoms with E-state index >= 15 is 0 Å². The maximum absolute atomic E-state index is 4.35. The number of aromatic nitrogens is 4. The summed E-state index contributed by atoms with van der Waals surface area (Å²) in [7, 11) is 0. The Labute approximate surface area is 104 Å². The van der Waals surface area contributed by atoms with Crippen molar-refractivity contribution in [2.45, 2.75) is 12.5 Å². The summed E-state index contributed by atoms with van der Waals surface area (Å²) in [5, 5.41) is 7.52. The van der Waals surface area contributed by atoms with Crippen molar-refractivity contribution in [2.24, 2.45) is 0 Å². The highest BCUT2D eigenvalue weighted by molar-refractivity contribution is 7.99. The van der Waals surface area contributed by atoms with Crippen molar-refractivity contribution < 1.29 is 0 Å². The molecule has 2 aromatic rings. The number of hydrogen-bond donors (Lipinski definition) is 1. The molecule has 1 saturated heterocycles. The third-order valence-corrected chi connectivity index (χ3v) is 3.86. The molecule has 0 amide bonds. The summed E-state index contributed by atoms with van der Waals surface area (Å²) in [5.74, 6) is 3.22. The Balaban J connectivity index is 1.71. The quantitative estimate of drug-likeness (QED) is 0.892. The lowest BCUT2D eigenvalue weighted by molar-refractivity contribution is 0.808. The number of anilines is 1. The summed E-state index contributed by atoms with van der Waals surface area (Å²) >= 11 is 2.00. The van der Waals surface area contributed by atoms with Crippen LogP contribution in [0.1, 0.15) is 6.42 Å². The molecule has 1 aliphatic rings. The molecule has 1 aliphatic heterocycles. The molecule has 1 atom stereocenters. The zero-order chi connectivity index (χ0) is 11.5. The van der Waals surface area contributed by atoms with E-state index < -0.39 is 0 Å². The van der Waals surface area contributed by atoms with Crippen LogP contribution in [0, 0.1) is 0 Å². The van der Waals surface area contributed by atoms with E-state index in [4.69, 9.17) is 0 Å². The average Bonchev–Trinajstić information content (AvgIpc) is 3.01. The zero-order valence-corrected chi connectivity index (χ0v) is 10.1. The number of thioether (sulfide) groups is 1. The van der Waals surface area contributed by atoms with Crippen molar-refractivity contribution in [2.75, 3.05) is 16.8 Å². The van der Waals surface area contributed by atoms with Crippen molar-refractivity contribution in [1.82, 2.24) is 19.7 Å². The van der Waals surface area contributed by atoms with E-state index in [0.29, 0.717) is 6.04 Å². The Morgan fingerprint density at radius 2 is 2.41 bits per heavy atom. The highest BCUT2D eigenvalue weighted by atomic mass is 32.2. The average molecular weight is 247 g/mol. The zero-order valence-electron chi connectivity index (χ0n) is 9.28. The molecule has 0 saturated carbocycles. The summed E-state index contributed by atoms with van der Waals surface area (Å²) in [4.78, 5) is 8.25. The number of nitrogens with zero attached hydrogens (tertiary/aromatic N) is 4. The van der Waals surface area contributed by atoms with Gasteiger partial charge in [0.15, 0.2) is 5.82 Å². The first-order valence-corrected chi connectivity index (χ1v) is 6.72. The monoisotopic (exact) mass is 247 g/mol. The third-order valence-electron chi connectivity index (χ3n) is 2.70. The molecule has 3 rings (SSSR count). The summed E-state index contributed by atoms with van der Waals surface area (Å²) in [5.41, 5.74) is 1.07. The minimum atomic E-state index is 0.582. The van der Waals surface area contributed by atoms with Gasteiger partial charge >= 0.3 is 0 Å². The molecule has 0 aromatic carbocycles. The van der Waals surface area contributed by atoms with E-state index in [9.17, 15) is 0 Å². The fraction of sp³-hybridized carbons (Fsp3) is 0.364. The van der Waals surface area contributed by atoms with E-state index in [1.807, 2.05) is 30.1 Å². The van der Waals surface area contributed by atoms with Gasteiger partial charge in [-0.3, -0.25) is 0 Å². The van der Waals surface area contributed by atoms with E-state index in [1.165, 1.54) is 24.3 Å². The molecule has 0 bridgehead atoms. The molecular weight excluding hydrogens is 234 g/mol. The van der Waals surface area contributed by atoms with E-state index in [1.54, 1.807) is 11.0 Å². The Kier molecular flexibility index (Phi) is 2.96. The number of nitrogens with one attached hydrogen (secondary N) is 1. The Hall–Kier alpha value is -1.56. The SMILES string of the molecule is c1ncn(-c2ccc(NC3CCSC3)cn2)n1. The largest absolute Gasteiger partial charge is 0.380 e. The molecule has 88 valence electrons. The van der Waals surface area contributed by atoms with Gasteiger partial charge in [0.05, 0.1) is 11.9 Å². The minimum Gasteiger partial charge on any atom is -0.380 e. The standard InChI is InChI=1S/C11H13N5S/c1-2-11(16-8-12-7-14-16)13-5-9(1)15-10-3-4-17-6-10/h1-2,5,7-8,10,15H,3-4,6H2. The topological polar surface area (TPSA) is 55.6 Å². The second-order valence-corrected chi connectivity index (χ2v) is 5.10. The van der Waals surface area contributed by atoms with E-state index in [2.05, 4.69) is 20.4 Å². The summed E-state index contributed by atoms with van der Waals surface area (Å²) in [6.45, 7) is 0. The lowest BCUT2D eigenvalue weighted by Gasteiger charge is -2.12. The lowest BCUT2D eigenvalue weighted by atomic mass is 10.2. The van der Waals surface area contributed by atoms with Crippen LogP contribution in [0.2, 0.25) is 0 Å². The lowest BCUT2D eigenvalue weighted by Crippen LogP contribution is -2.18. The first-order chi connectivity index (χ1) is 8.42. The third kappa shape index (κ3) is 2.41. The normalized spacial score (nSPS) is 19.4. The molecule has 1 unspecified atom stereocenters. The Morgan fingerprint density at radius 3 is 3.06 bits per heavy atom. The van der Waals surface area contributed by atoms with E-state index in [0.717, 1.165) is 11.5 Å². The molecule has 0 spiro atoms. The molecule has 1 N–H and O–H groups in total. The number of pyridine rings is 1. The van der Waals surface area contributed by atoms with Crippen LogP contribution >= 0.6 is 11.8 Å². The van der Waals surface area contributed by atoms with Crippen molar-refractivity contribution in [3.63, 3.8) is 0 Å². The van der Waals surface area contributed by atoms with Crippen LogP contribution in [-0.4, -0.2) is 37.3 Å². The van der Waals surface area contributed by atoms with Crippen LogP contribution in [0.5, 0.6) is 0 Å². The second kappa shape index (κ2) is 4.75. The maximum atomic E-state index is 4.35. The van der Waals surface area contributed by atoms with Crippen LogP contribution in [0.25, 0.3) is 5.82 Å². The highest BCUT2D eigenvalue weighted by Crippen LogP contribution is 2.21. The van der Waals surface area contributed by atoms with Crippen LogP contribution in [0.4, 0.5) is 5.69 Å². The van der Waals surface area contributed by atoms with Gasteiger partial charge in [-0.2, -0.15) is 16.9 Å². The fourth-order valence-electron chi connectivity index (χ4n) is 1.82. The summed E-state index contributed by atoms with van der Waals surface area (Å²) in [6, 6.07) is 4.56. The molecular formula is C11H13N5S. The van der Waals surface area contributed by atoms with Crippen molar-refractivity contribution in [1.29, 1.82) is 0 Å². The molecule has 1 fully saturated rings. The van der Waals surface area contributed by atoms with Gasteiger partial charge in [0.2, 0.25) is 0 Å². The first-order valence-electron chi connectivity index (χ1n) is 5.57. The van der Waals surface area contributed by atoms with E-state index in [-0.39, 0.29) is 0 Å². The van der Waals surface area contributed by atoms with Gasteiger partial charge in [0.1, 0.15) is 12.7 Å². The smallest absolute Gasteiger partial charge is 0.155 e. The van der Waals surface area contributed by atoms with Crippen LogP contribution in [-0.2, 0) is 0 Å². The van der Waals surface area contributed by atoms with Crippen LogP contribution in [0.15, 0.2) is 31.0 Å². The predicted octanol–water partition coefficient (Wildman–Crippen LogP) is 1.58. The van der Waals surface area contributed by atoms with Gasteiger partial charge in [-0.25, -0.2) is 14.6 Å². The Morgan fingerprint density at radius 1 is 1.41 bits per heavy atom. The molecule has 0 aliphatic carbocycles. The van der Waals surface area contributed by atoms with Gasteiger partial charge in [-0.05, 0) is 24.3 Å². The first kappa shape index (κ1) is 10.6. The predicted molar refractivity (Wildman–Crippen MR) is 68.5 cm³/mol. The summed E-state index contributed by atoms with van der Waals surface area (Å²) in [6.07, 6.45) is 6.22. The minimum absolute atomic E-state index is 0.582. The molecule has 2 aromatic heterocycles. The molecule has 6 heteroatoms. The number of hydrogen-bond acceptors (Lipinski definition) is 5. The molecule has 3 heterocycles. The maximum Gasteiger partial charge on any atom is 0.155 e. The van der Waals surface area contributed by atoms with Crippen molar-refractivity contribution in [3.8, 4) is 5.82 Å². The van der Waals surface area contributed by atoms with Crippen LogP contribution < -0.4 is 5.32 Å². The highest BCUT2D eigenvalue weighted by Gasteiger charge is 2.14. The van der Waals surface area contributed by atoms with Crippen molar-refractivity contribution in [3.05, 3.63) is 31.0 Å². The Bertz CT molecular complexity index is 461. The fourth-order valence-corrected chi connectivity index (χ4v) is 2.97. The van der Waals surface area contributed by atoms with Gasteiger partial charge in [0.25, 0.3) is 0 Å². The molecule has 17 heavy (non-hydrogen) atoms.